The third-order valence-electron chi connectivity index (χ3n) is 4.50. The molecule has 8 heteroatoms. The molecule has 0 radical (unpaired) electrons. The molecule has 0 aliphatic carbocycles. The molecule has 0 fully saturated rings. The van der Waals surface area contributed by atoms with Crippen molar-refractivity contribution in [2.75, 3.05) is 7.11 Å². The van der Waals surface area contributed by atoms with Gasteiger partial charge in [-0.25, -0.2) is 4.39 Å². The van der Waals surface area contributed by atoms with E-state index in [1.54, 1.807) is 60.9 Å². The van der Waals surface area contributed by atoms with Gasteiger partial charge < -0.3 is 15.8 Å². The Bertz CT molecular complexity index is 1010. The number of nitrogen functional groups attached to an aromatic ring is 1. The molecule has 0 spiro atoms. The number of halogens is 2. The minimum absolute atomic E-state index is 0. The van der Waals surface area contributed by atoms with E-state index >= 15 is 0 Å². The number of nitrogens with one attached hydrogen (secondary N) is 2. The fourth-order valence-corrected chi connectivity index (χ4v) is 2.92. The van der Waals surface area contributed by atoms with Crippen molar-refractivity contribution in [1.82, 2.24) is 10.3 Å². The number of amides is 1. The maximum absolute atomic E-state index is 14.7. The van der Waals surface area contributed by atoms with Crippen LogP contribution >= 0.6 is 12.4 Å². The monoisotopic (exact) mass is 428 g/mol. The highest BCUT2D eigenvalue weighted by molar-refractivity contribution is 5.94. The van der Waals surface area contributed by atoms with Gasteiger partial charge in [0.15, 0.2) is 6.10 Å². The summed E-state index contributed by atoms with van der Waals surface area (Å²) >= 11 is 0. The Morgan fingerprint density at radius 2 is 1.80 bits per heavy atom. The summed E-state index contributed by atoms with van der Waals surface area (Å²) in [6.07, 6.45) is 2.20. The van der Waals surface area contributed by atoms with E-state index in [-0.39, 0.29) is 30.4 Å². The minimum Gasteiger partial charge on any atom is -0.384 e. The van der Waals surface area contributed by atoms with Crippen LogP contribution in [-0.2, 0) is 16.1 Å². The fourth-order valence-electron chi connectivity index (χ4n) is 2.92. The molecular formula is C22H22ClFN4O2. The predicted octanol–water partition coefficient (Wildman–Crippen LogP) is 3.60. The zero-order valence-corrected chi connectivity index (χ0v) is 17.1. The van der Waals surface area contributed by atoms with Gasteiger partial charge in [0.25, 0.3) is 5.91 Å². The molecule has 3 aromatic rings. The maximum atomic E-state index is 14.7. The molecule has 156 valence electrons. The van der Waals surface area contributed by atoms with Crippen LogP contribution < -0.4 is 11.1 Å². The second-order valence-corrected chi connectivity index (χ2v) is 6.42. The zero-order valence-electron chi connectivity index (χ0n) is 16.3. The Balaban J connectivity index is 0.00000320. The normalized spacial score (nSPS) is 11.3. The van der Waals surface area contributed by atoms with Crippen molar-refractivity contribution in [3.05, 3.63) is 89.5 Å². The summed E-state index contributed by atoms with van der Waals surface area (Å²) in [5.74, 6) is -0.989. The topological polar surface area (TPSA) is 101 Å². The molecule has 0 saturated carbocycles. The van der Waals surface area contributed by atoms with E-state index in [1.807, 2.05) is 0 Å². The van der Waals surface area contributed by atoms with Crippen LogP contribution in [0.25, 0.3) is 11.1 Å². The number of benzene rings is 2. The lowest BCUT2D eigenvalue weighted by Gasteiger charge is -2.17. The first kappa shape index (κ1) is 23.0. The van der Waals surface area contributed by atoms with E-state index in [0.717, 1.165) is 11.1 Å². The van der Waals surface area contributed by atoms with Crippen molar-refractivity contribution in [3.8, 4) is 11.1 Å². The van der Waals surface area contributed by atoms with Crippen LogP contribution in [0, 0.1) is 11.2 Å². The first-order valence-corrected chi connectivity index (χ1v) is 8.93. The number of methoxy groups -OCH3 is 1. The van der Waals surface area contributed by atoms with Crippen LogP contribution in [0.15, 0.2) is 67.0 Å². The minimum atomic E-state index is -1.07. The van der Waals surface area contributed by atoms with E-state index in [0.29, 0.717) is 11.1 Å². The smallest absolute Gasteiger partial charge is 0.254 e. The average Bonchev–Trinajstić information content (AvgIpc) is 2.74. The third-order valence-corrected chi connectivity index (χ3v) is 4.50. The lowest BCUT2D eigenvalue weighted by atomic mass is 10.0. The van der Waals surface area contributed by atoms with E-state index < -0.39 is 17.8 Å². The average molecular weight is 429 g/mol. The number of rotatable bonds is 7. The van der Waals surface area contributed by atoms with Gasteiger partial charge in [-0.3, -0.25) is 15.2 Å². The van der Waals surface area contributed by atoms with Crippen LogP contribution in [-0.4, -0.2) is 23.8 Å². The number of hydrogen-bond acceptors (Lipinski definition) is 4. The van der Waals surface area contributed by atoms with Crippen molar-refractivity contribution in [1.29, 1.82) is 5.41 Å². The number of carbonyl (C=O) groups excluding carboxylic acids is 1. The third kappa shape index (κ3) is 5.40. The molecule has 0 unspecified atom stereocenters. The molecule has 6 nitrogen and oxygen atoms in total. The quantitative estimate of drug-likeness (QED) is 0.395. The molecule has 4 N–H and O–H groups in total. The lowest BCUT2D eigenvalue weighted by molar-refractivity contribution is -0.131. The van der Waals surface area contributed by atoms with Gasteiger partial charge in [-0.05, 0) is 34.9 Å². The van der Waals surface area contributed by atoms with Gasteiger partial charge in [0.1, 0.15) is 11.7 Å². The van der Waals surface area contributed by atoms with Crippen LogP contribution in [0.4, 0.5) is 4.39 Å². The highest BCUT2D eigenvalue weighted by atomic mass is 35.5. The number of pyridine rings is 1. The summed E-state index contributed by atoms with van der Waals surface area (Å²) in [4.78, 5) is 16.5. The predicted molar refractivity (Wildman–Crippen MR) is 116 cm³/mol. The summed E-state index contributed by atoms with van der Waals surface area (Å²) in [6.45, 7) is 0.244. The molecule has 0 bridgehead atoms. The number of carbonyl (C=O) groups is 1. The SMILES string of the molecule is CO[C@H](C(=O)NCc1ccc(C(=N)N)cc1)c1ccc(-c2ccncc2)cc1F.Cl. The molecule has 1 aromatic heterocycles. The second-order valence-electron chi connectivity index (χ2n) is 6.42. The van der Waals surface area contributed by atoms with E-state index in [1.165, 1.54) is 13.2 Å². The number of ether oxygens (including phenoxy) is 1. The van der Waals surface area contributed by atoms with Gasteiger partial charge in [0.2, 0.25) is 0 Å². The van der Waals surface area contributed by atoms with Crippen LogP contribution in [0.5, 0.6) is 0 Å². The fraction of sp³-hybridized carbons (Fsp3) is 0.136. The second kappa shape index (κ2) is 10.5. The molecule has 1 amide bonds. The number of aromatic nitrogens is 1. The Kier molecular flexibility index (Phi) is 8.03. The van der Waals surface area contributed by atoms with Gasteiger partial charge in [-0.1, -0.05) is 36.4 Å². The summed E-state index contributed by atoms with van der Waals surface area (Å²) < 4.78 is 20.0. The Hall–Kier alpha value is -3.29. The van der Waals surface area contributed by atoms with Crippen molar-refractivity contribution < 1.29 is 13.9 Å². The highest BCUT2D eigenvalue weighted by Gasteiger charge is 2.23. The van der Waals surface area contributed by atoms with Gasteiger partial charge in [-0.15, -0.1) is 12.4 Å². The van der Waals surface area contributed by atoms with Gasteiger partial charge in [0.05, 0.1) is 0 Å². The number of nitrogens with two attached hydrogens (primary N) is 1. The number of nitrogens with zero attached hydrogens (tertiary/aromatic N) is 1. The first-order valence-electron chi connectivity index (χ1n) is 8.93. The van der Waals surface area contributed by atoms with Crippen molar-refractivity contribution >= 4 is 24.1 Å². The van der Waals surface area contributed by atoms with Crippen molar-refractivity contribution in [3.63, 3.8) is 0 Å². The van der Waals surface area contributed by atoms with Crippen molar-refractivity contribution in [2.45, 2.75) is 12.6 Å². The molecular weight excluding hydrogens is 407 g/mol. The Morgan fingerprint density at radius 3 is 2.37 bits per heavy atom. The molecule has 1 atom stereocenters. The summed E-state index contributed by atoms with van der Waals surface area (Å²) in [5, 5.41) is 10.1. The first-order chi connectivity index (χ1) is 14.0. The highest BCUT2D eigenvalue weighted by Crippen LogP contribution is 2.26. The van der Waals surface area contributed by atoms with Gasteiger partial charge in [-0.2, -0.15) is 0 Å². The van der Waals surface area contributed by atoms with E-state index in [9.17, 15) is 9.18 Å². The maximum Gasteiger partial charge on any atom is 0.254 e. The molecule has 1 heterocycles. The Labute approximate surface area is 180 Å². The summed E-state index contributed by atoms with van der Waals surface area (Å²) in [7, 11) is 1.36. The molecule has 0 aliphatic rings. The van der Waals surface area contributed by atoms with Crippen LogP contribution in [0.1, 0.15) is 22.8 Å². The zero-order chi connectivity index (χ0) is 20.8. The van der Waals surface area contributed by atoms with Crippen LogP contribution in [0.3, 0.4) is 0 Å². The number of hydrogen-bond donors (Lipinski definition) is 3. The molecule has 30 heavy (non-hydrogen) atoms. The van der Waals surface area contributed by atoms with Gasteiger partial charge in [0, 0.05) is 37.2 Å². The molecule has 0 saturated heterocycles. The molecule has 2 aromatic carbocycles. The lowest BCUT2D eigenvalue weighted by Crippen LogP contribution is -2.30. The van der Waals surface area contributed by atoms with E-state index in [4.69, 9.17) is 15.9 Å². The van der Waals surface area contributed by atoms with Crippen molar-refractivity contribution in [2.24, 2.45) is 5.73 Å². The standard InChI is InChI=1S/C22H21FN4O2.ClH/c1-29-20(22(28)27-13-14-2-4-16(5-3-14)21(24)25)18-7-6-17(12-19(18)23)15-8-10-26-11-9-15;/h2-12,20H,13H2,1H3,(H3,24,25)(H,27,28);1H/t20-;/m0./s1. The summed E-state index contributed by atoms with van der Waals surface area (Å²) in [5.41, 5.74) is 8.54. The Morgan fingerprint density at radius 1 is 1.13 bits per heavy atom. The largest absolute Gasteiger partial charge is 0.384 e. The van der Waals surface area contributed by atoms with Gasteiger partial charge >= 0.3 is 0 Å². The molecule has 0 aliphatic heterocycles. The van der Waals surface area contributed by atoms with E-state index in [2.05, 4.69) is 10.3 Å². The number of amidine groups is 1. The van der Waals surface area contributed by atoms with Crippen LogP contribution in [0.2, 0.25) is 0 Å². The molecule has 3 rings (SSSR count). The summed E-state index contributed by atoms with van der Waals surface area (Å²) in [6, 6.07) is 15.2.